The van der Waals surface area contributed by atoms with E-state index in [4.69, 9.17) is 10.2 Å². The van der Waals surface area contributed by atoms with Crippen molar-refractivity contribution < 1.29 is 4.42 Å². The van der Waals surface area contributed by atoms with Crippen LogP contribution in [-0.2, 0) is 0 Å². The van der Waals surface area contributed by atoms with Crippen molar-refractivity contribution in [2.24, 2.45) is 0 Å². The van der Waals surface area contributed by atoms with Crippen molar-refractivity contribution in [2.75, 3.05) is 5.73 Å². The smallest absolute Gasteiger partial charge is 0.135 e. The minimum absolute atomic E-state index is 0.734. The Bertz CT molecular complexity index is 462. The Morgan fingerprint density at radius 2 is 2.00 bits per heavy atom. The molecule has 0 spiro atoms. The van der Waals surface area contributed by atoms with Crippen LogP contribution < -0.4 is 5.73 Å². The van der Waals surface area contributed by atoms with Crippen LogP contribution in [0.5, 0.6) is 0 Å². The number of nitrogen functional groups attached to an aromatic ring is 1. The van der Waals surface area contributed by atoms with Crippen LogP contribution in [0, 0.1) is 6.92 Å². The molecular formula is C11H10BrNO. The maximum absolute atomic E-state index is 5.71. The van der Waals surface area contributed by atoms with E-state index < -0.39 is 0 Å². The van der Waals surface area contributed by atoms with Crippen LogP contribution >= 0.6 is 15.9 Å². The lowest BCUT2D eigenvalue weighted by molar-refractivity contribution is 0.548. The molecule has 0 unspecified atom stereocenters. The van der Waals surface area contributed by atoms with Crippen LogP contribution in [0.1, 0.15) is 5.76 Å². The standard InChI is InChI=1S/C11H10BrNO/c1-7-2-5-11(14-7)9-6-8(13)3-4-10(9)12/h2-6H,13H2,1H3. The third-order valence-corrected chi connectivity index (χ3v) is 2.69. The Morgan fingerprint density at radius 3 is 2.64 bits per heavy atom. The van der Waals surface area contributed by atoms with Gasteiger partial charge in [-0.25, -0.2) is 0 Å². The number of hydrogen-bond acceptors (Lipinski definition) is 2. The molecule has 72 valence electrons. The van der Waals surface area contributed by atoms with Gasteiger partial charge >= 0.3 is 0 Å². The number of nitrogens with two attached hydrogens (primary N) is 1. The van der Waals surface area contributed by atoms with E-state index in [9.17, 15) is 0 Å². The first-order chi connectivity index (χ1) is 6.66. The fourth-order valence-corrected chi connectivity index (χ4v) is 1.75. The summed E-state index contributed by atoms with van der Waals surface area (Å²) >= 11 is 3.46. The highest BCUT2D eigenvalue weighted by Crippen LogP contribution is 2.31. The molecule has 0 aliphatic carbocycles. The molecule has 0 saturated carbocycles. The highest BCUT2D eigenvalue weighted by Gasteiger charge is 2.06. The molecule has 2 aromatic rings. The molecule has 0 fully saturated rings. The Morgan fingerprint density at radius 1 is 1.21 bits per heavy atom. The summed E-state index contributed by atoms with van der Waals surface area (Å²) < 4.78 is 6.51. The molecule has 0 radical (unpaired) electrons. The van der Waals surface area contributed by atoms with Crippen molar-refractivity contribution in [2.45, 2.75) is 6.92 Å². The molecule has 2 nitrogen and oxygen atoms in total. The van der Waals surface area contributed by atoms with E-state index in [1.807, 2.05) is 37.3 Å². The lowest BCUT2D eigenvalue weighted by atomic mass is 10.1. The second-order valence-electron chi connectivity index (χ2n) is 3.15. The Hall–Kier alpha value is -1.22. The van der Waals surface area contributed by atoms with E-state index in [0.717, 1.165) is 27.2 Å². The van der Waals surface area contributed by atoms with Crippen molar-refractivity contribution in [1.29, 1.82) is 0 Å². The number of aryl methyl sites for hydroxylation is 1. The maximum Gasteiger partial charge on any atom is 0.135 e. The molecule has 0 aliphatic heterocycles. The van der Waals surface area contributed by atoms with E-state index in [1.165, 1.54) is 0 Å². The number of rotatable bonds is 1. The molecule has 1 aromatic heterocycles. The first kappa shape index (κ1) is 9.34. The molecular weight excluding hydrogens is 242 g/mol. The lowest BCUT2D eigenvalue weighted by Gasteiger charge is -2.02. The van der Waals surface area contributed by atoms with Crippen molar-refractivity contribution in [3.8, 4) is 11.3 Å². The fraction of sp³-hybridized carbons (Fsp3) is 0.0909. The molecule has 0 aliphatic rings. The van der Waals surface area contributed by atoms with Gasteiger partial charge in [0.2, 0.25) is 0 Å². The molecule has 1 aromatic carbocycles. The first-order valence-electron chi connectivity index (χ1n) is 4.28. The molecule has 0 saturated heterocycles. The van der Waals surface area contributed by atoms with Gasteiger partial charge in [0, 0.05) is 15.7 Å². The molecule has 3 heteroatoms. The second-order valence-corrected chi connectivity index (χ2v) is 4.00. The molecule has 14 heavy (non-hydrogen) atoms. The van der Waals surface area contributed by atoms with Crippen LogP contribution in [0.25, 0.3) is 11.3 Å². The summed E-state index contributed by atoms with van der Waals surface area (Å²) in [4.78, 5) is 0. The number of hydrogen-bond donors (Lipinski definition) is 1. The van der Waals surface area contributed by atoms with E-state index in [2.05, 4.69) is 15.9 Å². The third kappa shape index (κ3) is 1.68. The second kappa shape index (κ2) is 3.50. The van der Waals surface area contributed by atoms with Gasteiger partial charge in [-0.05, 0) is 37.3 Å². The largest absolute Gasteiger partial charge is 0.461 e. The van der Waals surface area contributed by atoms with Gasteiger partial charge in [-0.15, -0.1) is 0 Å². The quantitative estimate of drug-likeness (QED) is 0.787. The zero-order chi connectivity index (χ0) is 10.1. The minimum atomic E-state index is 0.734. The SMILES string of the molecule is Cc1ccc(-c2cc(N)ccc2Br)o1. The molecule has 0 amide bonds. The Balaban J connectivity index is 2.55. The highest BCUT2D eigenvalue weighted by molar-refractivity contribution is 9.10. The fourth-order valence-electron chi connectivity index (χ4n) is 1.31. The summed E-state index contributed by atoms with van der Waals surface area (Å²) in [5, 5.41) is 0. The topological polar surface area (TPSA) is 39.2 Å². The summed E-state index contributed by atoms with van der Waals surface area (Å²) in [5.74, 6) is 1.73. The average molecular weight is 252 g/mol. The van der Waals surface area contributed by atoms with Gasteiger partial charge < -0.3 is 10.2 Å². The minimum Gasteiger partial charge on any atom is -0.461 e. The monoisotopic (exact) mass is 251 g/mol. The van der Waals surface area contributed by atoms with E-state index >= 15 is 0 Å². The third-order valence-electron chi connectivity index (χ3n) is 2.00. The van der Waals surface area contributed by atoms with Crippen molar-refractivity contribution in [3.63, 3.8) is 0 Å². The summed E-state index contributed by atoms with van der Waals surface area (Å²) in [6.45, 7) is 1.92. The van der Waals surface area contributed by atoms with Crippen LogP contribution in [-0.4, -0.2) is 0 Å². The van der Waals surface area contributed by atoms with Gasteiger partial charge in [-0.2, -0.15) is 0 Å². The number of anilines is 1. The van der Waals surface area contributed by atoms with Crippen LogP contribution in [0.3, 0.4) is 0 Å². The van der Waals surface area contributed by atoms with Gasteiger partial charge in [-0.3, -0.25) is 0 Å². The molecule has 0 atom stereocenters. The molecule has 1 heterocycles. The number of benzene rings is 1. The number of halogens is 1. The zero-order valence-electron chi connectivity index (χ0n) is 7.75. The summed E-state index contributed by atoms with van der Waals surface area (Å²) in [5.41, 5.74) is 7.43. The zero-order valence-corrected chi connectivity index (χ0v) is 9.34. The van der Waals surface area contributed by atoms with Crippen LogP contribution in [0.4, 0.5) is 5.69 Å². The van der Waals surface area contributed by atoms with Crippen molar-refractivity contribution >= 4 is 21.6 Å². The highest BCUT2D eigenvalue weighted by atomic mass is 79.9. The van der Waals surface area contributed by atoms with Gasteiger partial charge in [0.05, 0.1) is 0 Å². The predicted octanol–water partition coefficient (Wildman–Crippen LogP) is 3.60. The first-order valence-corrected chi connectivity index (χ1v) is 5.08. The summed E-state index contributed by atoms with van der Waals surface area (Å²) in [7, 11) is 0. The van der Waals surface area contributed by atoms with Gasteiger partial charge in [0.15, 0.2) is 0 Å². The van der Waals surface area contributed by atoms with Crippen molar-refractivity contribution in [1.82, 2.24) is 0 Å². The predicted molar refractivity (Wildman–Crippen MR) is 61.0 cm³/mol. The molecule has 2 rings (SSSR count). The summed E-state index contributed by atoms with van der Waals surface area (Å²) in [6.07, 6.45) is 0. The normalized spacial score (nSPS) is 10.4. The van der Waals surface area contributed by atoms with Crippen LogP contribution in [0.2, 0.25) is 0 Å². The van der Waals surface area contributed by atoms with Gasteiger partial charge in [-0.1, -0.05) is 15.9 Å². The number of furan rings is 1. The van der Waals surface area contributed by atoms with E-state index in [-0.39, 0.29) is 0 Å². The Labute approximate surface area is 90.9 Å². The lowest BCUT2D eigenvalue weighted by Crippen LogP contribution is -1.85. The average Bonchev–Trinajstić information content (AvgIpc) is 2.56. The van der Waals surface area contributed by atoms with Gasteiger partial charge in [0.25, 0.3) is 0 Å². The van der Waals surface area contributed by atoms with E-state index in [1.54, 1.807) is 0 Å². The van der Waals surface area contributed by atoms with Crippen LogP contribution in [0.15, 0.2) is 39.2 Å². The van der Waals surface area contributed by atoms with Crippen molar-refractivity contribution in [3.05, 3.63) is 40.6 Å². The van der Waals surface area contributed by atoms with Gasteiger partial charge in [0.1, 0.15) is 11.5 Å². The summed E-state index contributed by atoms with van der Waals surface area (Å²) in [6, 6.07) is 9.54. The van der Waals surface area contributed by atoms with E-state index in [0.29, 0.717) is 0 Å². The Kier molecular flexibility index (Phi) is 2.33. The maximum atomic E-state index is 5.71. The molecule has 2 N–H and O–H groups in total. The molecule has 0 bridgehead atoms.